The number of nitriles is 1. The second kappa shape index (κ2) is 6.25. The third-order valence-electron chi connectivity index (χ3n) is 3.42. The summed E-state index contributed by atoms with van der Waals surface area (Å²) in [7, 11) is 1.74. The molecule has 0 radical (unpaired) electrons. The highest BCUT2D eigenvalue weighted by Gasteiger charge is 2.24. The van der Waals surface area contributed by atoms with Gasteiger partial charge in [-0.15, -0.1) is 0 Å². The Balaban J connectivity index is 2.32. The Bertz CT molecular complexity index is 653. The number of halogens is 2. The molecule has 2 rings (SSSR count). The van der Waals surface area contributed by atoms with E-state index in [0.29, 0.717) is 12.3 Å². The summed E-state index contributed by atoms with van der Waals surface area (Å²) < 4.78 is 19.1. The van der Waals surface area contributed by atoms with Crippen LogP contribution < -0.4 is 0 Å². The number of aryl methyl sites for hydroxylation is 2. The maximum absolute atomic E-state index is 14.0. The number of aromatic nitrogens is 1. The van der Waals surface area contributed by atoms with Crippen molar-refractivity contribution in [2.24, 2.45) is 0 Å². The van der Waals surface area contributed by atoms with E-state index in [9.17, 15) is 9.65 Å². The van der Waals surface area contributed by atoms with E-state index in [1.54, 1.807) is 24.9 Å². The van der Waals surface area contributed by atoms with Crippen molar-refractivity contribution in [1.82, 2.24) is 10.1 Å². The number of rotatable bonds is 4. The first-order chi connectivity index (χ1) is 9.95. The van der Waals surface area contributed by atoms with Gasteiger partial charge < -0.3 is 4.52 Å². The topological polar surface area (TPSA) is 53.1 Å². The standard InChI is InChI=1S/C15H15ClFN3O/c1-9-11(10(2)21-19-9)8-20(3)14(7-18)15-12(16)5-4-6-13(15)17/h4-6,14H,8H2,1-3H3/t14-/m1/s1. The predicted octanol–water partition coefficient (Wildman–Crippen LogP) is 3.78. The summed E-state index contributed by atoms with van der Waals surface area (Å²) in [6.45, 7) is 4.06. The molecule has 2 aromatic rings. The van der Waals surface area contributed by atoms with Crippen LogP contribution in [0.5, 0.6) is 0 Å². The number of hydrogen-bond donors (Lipinski definition) is 0. The molecule has 0 saturated heterocycles. The van der Waals surface area contributed by atoms with E-state index < -0.39 is 11.9 Å². The van der Waals surface area contributed by atoms with E-state index in [2.05, 4.69) is 11.2 Å². The normalized spacial score (nSPS) is 12.4. The van der Waals surface area contributed by atoms with Crippen LogP contribution in [-0.2, 0) is 6.54 Å². The molecular weight excluding hydrogens is 293 g/mol. The molecule has 0 aliphatic rings. The molecule has 0 amide bonds. The van der Waals surface area contributed by atoms with Crippen molar-refractivity contribution in [3.63, 3.8) is 0 Å². The molecule has 110 valence electrons. The van der Waals surface area contributed by atoms with Gasteiger partial charge in [-0.05, 0) is 33.0 Å². The lowest BCUT2D eigenvalue weighted by atomic mass is 10.0. The quantitative estimate of drug-likeness (QED) is 0.862. The summed E-state index contributed by atoms with van der Waals surface area (Å²) in [5, 5.41) is 13.5. The first kappa shape index (κ1) is 15.5. The molecule has 4 nitrogen and oxygen atoms in total. The van der Waals surface area contributed by atoms with Crippen molar-refractivity contribution >= 4 is 11.6 Å². The van der Waals surface area contributed by atoms with Crippen molar-refractivity contribution in [2.75, 3.05) is 7.05 Å². The monoisotopic (exact) mass is 307 g/mol. The number of hydrogen-bond acceptors (Lipinski definition) is 4. The van der Waals surface area contributed by atoms with Gasteiger partial charge in [-0.1, -0.05) is 22.8 Å². The van der Waals surface area contributed by atoms with Gasteiger partial charge in [-0.2, -0.15) is 5.26 Å². The van der Waals surface area contributed by atoms with E-state index in [-0.39, 0.29) is 10.6 Å². The predicted molar refractivity (Wildman–Crippen MR) is 77.2 cm³/mol. The zero-order chi connectivity index (χ0) is 15.6. The molecule has 0 aliphatic heterocycles. The fourth-order valence-corrected chi connectivity index (χ4v) is 2.49. The Morgan fingerprint density at radius 2 is 2.19 bits per heavy atom. The maximum Gasteiger partial charge on any atom is 0.138 e. The molecule has 1 atom stereocenters. The van der Waals surface area contributed by atoms with Crippen LogP contribution in [0.1, 0.15) is 28.6 Å². The van der Waals surface area contributed by atoms with Gasteiger partial charge in [0.05, 0.1) is 11.8 Å². The highest BCUT2D eigenvalue weighted by molar-refractivity contribution is 6.31. The van der Waals surface area contributed by atoms with Crippen molar-refractivity contribution in [3.05, 3.63) is 51.6 Å². The van der Waals surface area contributed by atoms with Crippen molar-refractivity contribution in [3.8, 4) is 6.07 Å². The van der Waals surface area contributed by atoms with E-state index in [1.807, 2.05) is 6.92 Å². The smallest absolute Gasteiger partial charge is 0.138 e. The highest BCUT2D eigenvalue weighted by Crippen LogP contribution is 2.30. The lowest BCUT2D eigenvalue weighted by Crippen LogP contribution is -2.24. The van der Waals surface area contributed by atoms with Crippen LogP contribution in [0.15, 0.2) is 22.7 Å². The third kappa shape index (κ3) is 3.07. The Morgan fingerprint density at radius 3 is 2.71 bits per heavy atom. The lowest BCUT2D eigenvalue weighted by molar-refractivity contribution is 0.275. The zero-order valence-electron chi connectivity index (χ0n) is 12.0. The molecule has 1 aromatic carbocycles. The molecule has 0 N–H and O–H groups in total. The fourth-order valence-electron chi connectivity index (χ4n) is 2.22. The van der Waals surface area contributed by atoms with Crippen molar-refractivity contribution in [2.45, 2.75) is 26.4 Å². The van der Waals surface area contributed by atoms with E-state index in [0.717, 1.165) is 11.3 Å². The summed E-state index contributed by atoms with van der Waals surface area (Å²) in [4.78, 5) is 1.72. The Morgan fingerprint density at radius 1 is 1.48 bits per heavy atom. The van der Waals surface area contributed by atoms with Crippen molar-refractivity contribution in [1.29, 1.82) is 5.26 Å². The summed E-state index contributed by atoms with van der Waals surface area (Å²) in [5.74, 6) is 0.204. The second-order valence-corrected chi connectivity index (χ2v) is 5.29. The van der Waals surface area contributed by atoms with Crippen LogP contribution >= 0.6 is 11.6 Å². The SMILES string of the molecule is Cc1noc(C)c1CN(C)[C@H](C#N)c1c(F)cccc1Cl. The van der Waals surface area contributed by atoms with Gasteiger partial charge in [0.25, 0.3) is 0 Å². The average molecular weight is 308 g/mol. The summed E-state index contributed by atoms with van der Waals surface area (Å²) >= 11 is 6.04. The maximum atomic E-state index is 14.0. The molecule has 0 saturated carbocycles. The van der Waals surface area contributed by atoms with Gasteiger partial charge in [0, 0.05) is 22.7 Å². The molecule has 0 aliphatic carbocycles. The Kier molecular flexibility index (Phi) is 4.61. The first-order valence-electron chi connectivity index (χ1n) is 6.41. The number of nitrogens with zero attached hydrogens (tertiary/aromatic N) is 3. The van der Waals surface area contributed by atoms with Crippen LogP contribution in [-0.4, -0.2) is 17.1 Å². The molecule has 0 unspecified atom stereocenters. The van der Waals surface area contributed by atoms with E-state index in [1.165, 1.54) is 12.1 Å². The lowest BCUT2D eigenvalue weighted by Gasteiger charge is -2.23. The van der Waals surface area contributed by atoms with Gasteiger partial charge in [-0.25, -0.2) is 4.39 Å². The minimum atomic E-state index is -0.785. The molecular formula is C15H15ClFN3O. The Hall–Kier alpha value is -1.90. The van der Waals surface area contributed by atoms with Crippen LogP contribution in [0.2, 0.25) is 5.02 Å². The summed E-state index contributed by atoms with van der Waals surface area (Å²) in [6, 6.07) is 5.71. The fraction of sp³-hybridized carbons (Fsp3) is 0.333. The minimum absolute atomic E-state index is 0.191. The molecule has 0 spiro atoms. The molecule has 0 bridgehead atoms. The molecule has 0 fully saturated rings. The summed E-state index contributed by atoms with van der Waals surface area (Å²) in [6.07, 6.45) is 0. The summed E-state index contributed by atoms with van der Waals surface area (Å²) in [5.41, 5.74) is 1.84. The second-order valence-electron chi connectivity index (χ2n) is 4.88. The van der Waals surface area contributed by atoms with Crippen LogP contribution in [0, 0.1) is 31.0 Å². The van der Waals surface area contributed by atoms with Gasteiger partial charge in [0.15, 0.2) is 0 Å². The molecule has 1 heterocycles. The first-order valence-corrected chi connectivity index (χ1v) is 6.79. The van der Waals surface area contributed by atoms with Gasteiger partial charge in [0.2, 0.25) is 0 Å². The molecule has 1 aromatic heterocycles. The van der Waals surface area contributed by atoms with Gasteiger partial charge in [-0.3, -0.25) is 4.90 Å². The van der Waals surface area contributed by atoms with Crippen LogP contribution in [0.3, 0.4) is 0 Å². The van der Waals surface area contributed by atoms with E-state index in [4.69, 9.17) is 16.1 Å². The van der Waals surface area contributed by atoms with Crippen LogP contribution in [0.4, 0.5) is 4.39 Å². The van der Waals surface area contributed by atoms with Crippen LogP contribution in [0.25, 0.3) is 0 Å². The zero-order valence-corrected chi connectivity index (χ0v) is 12.8. The minimum Gasteiger partial charge on any atom is -0.361 e. The average Bonchev–Trinajstić information content (AvgIpc) is 2.74. The van der Waals surface area contributed by atoms with E-state index >= 15 is 0 Å². The van der Waals surface area contributed by atoms with Gasteiger partial charge in [0.1, 0.15) is 17.6 Å². The number of benzene rings is 1. The highest BCUT2D eigenvalue weighted by atomic mass is 35.5. The van der Waals surface area contributed by atoms with Crippen molar-refractivity contribution < 1.29 is 8.91 Å². The molecule has 6 heteroatoms. The van der Waals surface area contributed by atoms with Gasteiger partial charge >= 0.3 is 0 Å². The Labute approximate surface area is 127 Å². The molecule has 21 heavy (non-hydrogen) atoms. The third-order valence-corrected chi connectivity index (χ3v) is 3.75. The largest absolute Gasteiger partial charge is 0.361 e.